The van der Waals surface area contributed by atoms with E-state index in [1.54, 1.807) is 12.1 Å². The Morgan fingerprint density at radius 1 is 1.24 bits per heavy atom. The van der Waals surface area contributed by atoms with Gasteiger partial charge < -0.3 is 19.4 Å². The molecule has 1 saturated heterocycles. The van der Waals surface area contributed by atoms with Crippen molar-refractivity contribution in [2.75, 3.05) is 18.5 Å². The molecule has 154 valence electrons. The summed E-state index contributed by atoms with van der Waals surface area (Å²) in [5, 5.41) is 2.24. The molecular formula is C19H17F3N2O5. The van der Waals surface area contributed by atoms with Crippen LogP contribution in [0.1, 0.15) is 17.7 Å². The van der Waals surface area contributed by atoms with Crippen molar-refractivity contribution in [2.24, 2.45) is 5.92 Å². The van der Waals surface area contributed by atoms with E-state index >= 15 is 0 Å². The van der Waals surface area contributed by atoms with Gasteiger partial charge in [0.05, 0.1) is 24.3 Å². The summed E-state index contributed by atoms with van der Waals surface area (Å²) < 4.78 is 48.2. The van der Waals surface area contributed by atoms with Gasteiger partial charge in [-0.15, -0.1) is 0 Å². The Kier molecular flexibility index (Phi) is 5.90. The number of likely N-dealkylation sites (tertiary alicyclic amines) is 1. The standard InChI is InChI=1S/C19H17F3N2O5/c20-19(21,22)13-3-1-4-14(8-13)23-16(25)11-29-18(27)12-7-17(26)24(9-12)10-15-5-2-6-28-15/h1-6,8,12H,7,9-11H2,(H,23,25)/t12-/m0/s1. The highest BCUT2D eigenvalue weighted by atomic mass is 19.4. The lowest BCUT2D eigenvalue weighted by Crippen LogP contribution is -2.28. The average molecular weight is 410 g/mol. The van der Waals surface area contributed by atoms with E-state index in [0.29, 0.717) is 5.76 Å². The Bertz CT molecular complexity index is 895. The molecule has 10 heteroatoms. The number of nitrogens with zero attached hydrogens (tertiary/aromatic N) is 1. The summed E-state index contributed by atoms with van der Waals surface area (Å²) in [6.07, 6.45) is -3.11. The van der Waals surface area contributed by atoms with Gasteiger partial charge in [0.15, 0.2) is 6.61 Å². The van der Waals surface area contributed by atoms with Gasteiger partial charge in [-0.25, -0.2) is 0 Å². The summed E-state index contributed by atoms with van der Waals surface area (Å²) in [5.74, 6) is -1.89. The van der Waals surface area contributed by atoms with Gasteiger partial charge in [-0.3, -0.25) is 14.4 Å². The number of rotatable bonds is 6. The van der Waals surface area contributed by atoms with E-state index < -0.39 is 36.1 Å². The van der Waals surface area contributed by atoms with Crippen LogP contribution in [0.15, 0.2) is 47.1 Å². The molecule has 0 radical (unpaired) electrons. The summed E-state index contributed by atoms with van der Waals surface area (Å²) in [4.78, 5) is 37.5. The maximum Gasteiger partial charge on any atom is 0.416 e. The van der Waals surface area contributed by atoms with Crippen molar-refractivity contribution in [1.82, 2.24) is 4.90 Å². The average Bonchev–Trinajstić information content (AvgIpc) is 3.30. The molecule has 1 aromatic carbocycles. The number of carbonyl (C=O) groups is 3. The number of ether oxygens (including phenoxy) is 1. The zero-order chi connectivity index (χ0) is 21.0. The molecule has 0 saturated carbocycles. The summed E-state index contributed by atoms with van der Waals surface area (Å²) >= 11 is 0. The molecule has 1 atom stereocenters. The third-order valence-corrected chi connectivity index (χ3v) is 4.29. The predicted molar refractivity (Wildman–Crippen MR) is 93.3 cm³/mol. The molecule has 3 rings (SSSR count). The van der Waals surface area contributed by atoms with Crippen molar-refractivity contribution in [3.8, 4) is 0 Å². The molecule has 1 aliphatic rings. The number of furan rings is 1. The summed E-state index contributed by atoms with van der Waals surface area (Å²) in [5.41, 5.74) is -0.977. The zero-order valence-corrected chi connectivity index (χ0v) is 15.1. The van der Waals surface area contributed by atoms with Crippen molar-refractivity contribution < 1.29 is 36.7 Å². The third-order valence-electron chi connectivity index (χ3n) is 4.29. The van der Waals surface area contributed by atoms with E-state index in [1.165, 1.54) is 17.2 Å². The Balaban J connectivity index is 1.48. The van der Waals surface area contributed by atoms with Crippen LogP contribution in [-0.4, -0.2) is 35.8 Å². The molecule has 0 spiro atoms. The topological polar surface area (TPSA) is 88.9 Å². The van der Waals surface area contributed by atoms with E-state index in [-0.39, 0.29) is 31.1 Å². The number of benzene rings is 1. The molecule has 1 fully saturated rings. The molecule has 2 amide bonds. The summed E-state index contributed by atoms with van der Waals surface area (Å²) in [7, 11) is 0. The molecule has 1 aliphatic heterocycles. The van der Waals surface area contributed by atoms with Crippen molar-refractivity contribution >= 4 is 23.5 Å². The zero-order valence-electron chi connectivity index (χ0n) is 15.1. The lowest BCUT2D eigenvalue weighted by molar-refractivity contribution is -0.151. The number of halogens is 3. The van der Waals surface area contributed by atoms with Crippen LogP contribution in [-0.2, 0) is 31.8 Å². The fraction of sp³-hybridized carbons (Fsp3) is 0.316. The number of hydrogen-bond donors (Lipinski definition) is 1. The van der Waals surface area contributed by atoms with Gasteiger partial charge >= 0.3 is 12.1 Å². The van der Waals surface area contributed by atoms with Crippen LogP contribution in [0.25, 0.3) is 0 Å². The van der Waals surface area contributed by atoms with Crippen LogP contribution < -0.4 is 5.32 Å². The van der Waals surface area contributed by atoms with Crippen LogP contribution in [0.3, 0.4) is 0 Å². The number of anilines is 1. The Labute approximate surface area is 163 Å². The van der Waals surface area contributed by atoms with E-state index in [2.05, 4.69) is 5.32 Å². The highest BCUT2D eigenvalue weighted by Crippen LogP contribution is 2.30. The highest BCUT2D eigenvalue weighted by molar-refractivity contribution is 5.93. The van der Waals surface area contributed by atoms with Crippen LogP contribution in [0.4, 0.5) is 18.9 Å². The minimum atomic E-state index is -4.54. The maximum absolute atomic E-state index is 12.7. The fourth-order valence-electron chi connectivity index (χ4n) is 2.90. The second kappa shape index (κ2) is 8.38. The Morgan fingerprint density at radius 2 is 2.03 bits per heavy atom. The van der Waals surface area contributed by atoms with Crippen LogP contribution in [0.2, 0.25) is 0 Å². The van der Waals surface area contributed by atoms with Gasteiger partial charge in [0, 0.05) is 18.7 Å². The smallest absolute Gasteiger partial charge is 0.416 e. The number of amides is 2. The van der Waals surface area contributed by atoms with Gasteiger partial charge in [-0.1, -0.05) is 6.07 Å². The predicted octanol–water partition coefficient (Wildman–Crippen LogP) is 2.83. The van der Waals surface area contributed by atoms with Crippen LogP contribution in [0, 0.1) is 5.92 Å². The van der Waals surface area contributed by atoms with E-state index in [0.717, 1.165) is 18.2 Å². The quantitative estimate of drug-likeness (QED) is 0.740. The number of carbonyl (C=O) groups excluding carboxylic acids is 3. The lowest BCUT2D eigenvalue weighted by Gasteiger charge is -2.14. The molecule has 2 aromatic rings. The normalized spacial score (nSPS) is 16.7. The first-order valence-corrected chi connectivity index (χ1v) is 8.66. The van der Waals surface area contributed by atoms with Gasteiger partial charge in [0.2, 0.25) is 5.91 Å². The first-order chi connectivity index (χ1) is 13.7. The van der Waals surface area contributed by atoms with Crippen LogP contribution in [0.5, 0.6) is 0 Å². The molecule has 1 N–H and O–H groups in total. The van der Waals surface area contributed by atoms with E-state index in [1.807, 2.05) is 0 Å². The molecule has 7 nitrogen and oxygen atoms in total. The molecule has 29 heavy (non-hydrogen) atoms. The van der Waals surface area contributed by atoms with E-state index in [9.17, 15) is 27.6 Å². The molecular weight excluding hydrogens is 393 g/mol. The highest BCUT2D eigenvalue weighted by Gasteiger charge is 2.36. The number of nitrogens with one attached hydrogen (secondary N) is 1. The number of esters is 1. The first kappa shape index (κ1) is 20.4. The second-order valence-corrected chi connectivity index (χ2v) is 6.49. The molecule has 1 aromatic heterocycles. The lowest BCUT2D eigenvalue weighted by atomic mass is 10.1. The van der Waals surface area contributed by atoms with Crippen LogP contribution >= 0.6 is 0 Å². The molecule has 0 unspecified atom stereocenters. The minimum Gasteiger partial charge on any atom is -0.467 e. The monoisotopic (exact) mass is 410 g/mol. The summed E-state index contributed by atoms with van der Waals surface area (Å²) in [6, 6.07) is 7.49. The van der Waals surface area contributed by atoms with Gasteiger partial charge in [-0.2, -0.15) is 13.2 Å². The minimum absolute atomic E-state index is 0.0468. The molecule has 2 heterocycles. The van der Waals surface area contributed by atoms with Gasteiger partial charge in [0.25, 0.3) is 5.91 Å². The Morgan fingerprint density at radius 3 is 2.72 bits per heavy atom. The largest absolute Gasteiger partial charge is 0.467 e. The van der Waals surface area contributed by atoms with Crippen molar-refractivity contribution in [3.05, 3.63) is 54.0 Å². The first-order valence-electron chi connectivity index (χ1n) is 8.66. The third kappa shape index (κ3) is 5.37. The molecule has 0 bridgehead atoms. The van der Waals surface area contributed by atoms with Crippen molar-refractivity contribution in [3.63, 3.8) is 0 Å². The van der Waals surface area contributed by atoms with E-state index in [4.69, 9.17) is 9.15 Å². The van der Waals surface area contributed by atoms with Crippen molar-refractivity contribution in [2.45, 2.75) is 19.1 Å². The fourth-order valence-corrected chi connectivity index (χ4v) is 2.90. The molecule has 0 aliphatic carbocycles. The Hall–Kier alpha value is -3.30. The number of hydrogen-bond acceptors (Lipinski definition) is 5. The SMILES string of the molecule is O=C(COC(=O)[C@H]1CC(=O)N(Cc2ccco2)C1)Nc1cccc(C(F)(F)F)c1. The second-order valence-electron chi connectivity index (χ2n) is 6.49. The maximum atomic E-state index is 12.7. The van der Waals surface area contributed by atoms with Gasteiger partial charge in [0.1, 0.15) is 5.76 Å². The summed E-state index contributed by atoms with van der Waals surface area (Å²) in [6.45, 7) is -0.308. The number of alkyl halides is 3. The van der Waals surface area contributed by atoms with Crippen molar-refractivity contribution in [1.29, 1.82) is 0 Å². The van der Waals surface area contributed by atoms with Gasteiger partial charge in [-0.05, 0) is 30.3 Å².